The molecule has 3 aromatic rings. The minimum atomic E-state index is -0.399. The van der Waals surface area contributed by atoms with Crippen LogP contribution in [0.4, 0.5) is 11.4 Å². The van der Waals surface area contributed by atoms with Gasteiger partial charge in [-0.3, -0.25) is 9.78 Å². The topological polar surface area (TPSA) is 102 Å². The van der Waals surface area contributed by atoms with Gasteiger partial charge in [0, 0.05) is 18.9 Å². The van der Waals surface area contributed by atoms with E-state index in [-0.39, 0.29) is 5.69 Å². The molecule has 0 aliphatic carbocycles. The van der Waals surface area contributed by atoms with E-state index in [2.05, 4.69) is 30.6 Å². The van der Waals surface area contributed by atoms with Gasteiger partial charge in [0.25, 0.3) is 5.91 Å². The highest BCUT2D eigenvalue weighted by molar-refractivity contribution is 6.05. The molecule has 134 valence electrons. The number of anilines is 2. The third-order valence-electron chi connectivity index (χ3n) is 3.66. The summed E-state index contributed by atoms with van der Waals surface area (Å²) < 4.78 is 10.3. The maximum Gasteiger partial charge on any atom is 0.279 e. The molecule has 1 amide bonds. The van der Waals surface area contributed by atoms with E-state index in [0.717, 1.165) is 5.56 Å². The van der Waals surface area contributed by atoms with Gasteiger partial charge in [-0.15, -0.1) is 0 Å². The van der Waals surface area contributed by atoms with Gasteiger partial charge in [-0.05, 0) is 48.8 Å². The molecule has 0 bridgehead atoms. The number of hydrogen-bond acceptors (Lipinski definition) is 7. The Morgan fingerprint density at radius 3 is 2.69 bits per heavy atom. The van der Waals surface area contributed by atoms with Crippen LogP contribution in [0.1, 0.15) is 28.7 Å². The number of amides is 1. The lowest BCUT2D eigenvalue weighted by atomic mass is 10.2. The number of hydrogen-bond donors (Lipinski definition) is 2. The predicted molar refractivity (Wildman–Crippen MR) is 96.2 cm³/mol. The van der Waals surface area contributed by atoms with Gasteiger partial charge >= 0.3 is 0 Å². The predicted octanol–water partition coefficient (Wildman–Crippen LogP) is 3.04. The standard InChI is InChI=1S/C18H19N5O3/c1-3-25-15-6-4-5-14(21-18(24)16-12(2)22-26-23-16)17(15)20-11-13-7-9-19-10-8-13/h4-10,20H,3,11H2,1-2H3,(H,21,24). The Balaban J connectivity index is 1.85. The fourth-order valence-corrected chi connectivity index (χ4v) is 2.40. The first kappa shape index (κ1) is 17.4. The smallest absolute Gasteiger partial charge is 0.279 e. The molecule has 0 aliphatic heterocycles. The zero-order valence-corrected chi connectivity index (χ0v) is 14.5. The van der Waals surface area contributed by atoms with Crippen LogP contribution in [-0.2, 0) is 6.54 Å². The number of ether oxygens (including phenoxy) is 1. The Hall–Kier alpha value is -3.42. The zero-order valence-electron chi connectivity index (χ0n) is 14.5. The van der Waals surface area contributed by atoms with Crippen LogP contribution in [-0.4, -0.2) is 27.8 Å². The van der Waals surface area contributed by atoms with Crippen molar-refractivity contribution in [1.82, 2.24) is 15.3 Å². The van der Waals surface area contributed by atoms with E-state index >= 15 is 0 Å². The Kier molecular flexibility index (Phi) is 5.43. The normalized spacial score (nSPS) is 10.4. The Morgan fingerprint density at radius 1 is 1.19 bits per heavy atom. The van der Waals surface area contributed by atoms with Gasteiger partial charge in [-0.1, -0.05) is 11.2 Å². The zero-order chi connectivity index (χ0) is 18.4. The first-order valence-corrected chi connectivity index (χ1v) is 8.18. The summed E-state index contributed by atoms with van der Waals surface area (Å²) in [5.74, 6) is 0.249. The van der Waals surface area contributed by atoms with Gasteiger partial charge in [0.05, 0.1) is 12.3 Å². The molecule has 0 spiro atoms. The molecule has 2 aromatic heterocycles. The average Bonchev–Trinajstić information content (AvgIpc) is 3.08. The van der Waals surface area contributed by atoms with Crippen LogP contribution in [0, 0.1) is 6.92 Å². The van der Waals surface area contributed by atoms with Crippen molar-refractivity contribution in [2.45, 2.75) is 20.4 Å². The summed E-state index contributed by atoms with van der Waals surface area (Å²) in [6.07, 6.45) is 3.46. The summed E-state index contributed by atoms with van der Waals surface area (Å²) in [5, 5.41) is 13.4. The molecule has 0 fully saturated rings. The summed E-state index contributed by atoms with van der Waals surface area (Å²) >= 11 is 0. The van der Waals surface area contributed by atoms with Gasteiger partial charge in [-0.2, -0.15) is 0 Å². The molecule has 0 radical (unpaired) electrons. The largest absolute Gasteiger partial charge is 0.492 e. The number of nitrogens with one attached hydrogen (secondary N) is 2. The lowest BCUT2D eigenvalue weighted by Crippen LogP contribution is -2.15. The molecule has 0 unspecified atom stereocenters. The van der Waals surface area contributed by atoms with Crippen molar-refractivity contribution < 1.29 is 14.2 Å². The van der Waals surface area contributed by atoms with Gasteiger partial charge < -0.3 is 15.4 Å². The van der Waals surface area contributed by atoms with Crippen molar-refractivity contribution in [2.24, 2.45) is 0 Å². The summed E-state index contributed by atoms with van der Waals surface area (Å²) in [6, 6.07) is 9.28. The van der Waals surface area contributed by atoms with Gasteiger partial charge in [0.1, 0.15) is 17.1 Å². The van der Waals surface area contributed by atoms with Crippen LogP contribution < -0.4 is 15.4 Å². The highest BCUT2D eigenvalue weighted by Crippen LogP contribution is 2.33. The molecule has 0 saturated heterocycles. The van der Waals surface area contributed by atoms with E-state index < -0.39 is 5.91 Å². The van der Waals surface area contributed by atoms with E-state index in [0.29, 0.717) is 36.0 Å². The van der Waals surface area contributed by atoms with Crippen LogP contribution >= 0.6 is 0 Å². The first-order valence-electron chi connectivity index (χ1n) is 8.18. The van der Waals surface area contributed by atoms with Crippen LogP contribution in [0.15, 0.2) is 47.4 Å². The fraction of sp³-hybridized carbons (Fsp3) is 0.222. The summed E-state index contributed by atoms with van der Waals surface area (Å²) in [6.45, 7) is 4.63. The molecule has 26 heavy (non-hydrogen) atoms. The maximum atomic E-state index is 12.4. The molecule has 3 rings (SSSR count). The molecule has 0 aliphatic rings. The molecule has 2 N–H and O–H groups in total. The average molecular weight is 353 g/mol. The number of benzene rings is 1. The highest BCUT2D eigenvalue weighted by Gasteiger charge is 2.18. The Labute approximate surface area is 150 Å². The van der Waals surface area contributed by atoms with Gasteiger partial charge in [0.15, 0.2) is 5.69 Å². The molecule has 1 aromatic carbocycles. The van der Waals surface area contributed by atoms with Crippen molar-refractivity contribution in [3.63, 3.8) is 0 Å². The van der Waals surface area contributed by atoms with Crippen LogP contribution in [0.2, 0.25) is 0 Å². The van der Waals surface area contributed by atoms with E-state index in [1.165, 1.54) is 0 Å². The SMILES string of the molecule is CCOc1cccc(NC(=O)c2nonc2C)c1NCc1ccncc1. The second-order valence-corrected chi connectivity index (χ2v) is 5.47. The van der Waals surface area contributed by atoms with Crippen molar-refractivity contribution >= 4 is 17.3 Å². The lowest BCUT2D eigenvalue weighted by molar-refractivity contribution is 0.101. The second-order valence-electron chi connectivity index (χ2n) is 5.47. The number of carbonyl (C=O) groups excluding carboxylic acids is 1. The lowest BCUT2D eigenvalue weighted by Gasteiger charge is -2.17. The number of carbonyl (C=O) groups is 1. The number of aryl methyl sites for hydroxylation is 1. The number of pyridine rings is 1. The second kappa shape index (κ2) is 8.11. The maximum absolute atomic E-state index is 12.4. The van der Waals surface area contributed by atoms with E-state index in [4.69, 9.17) is 4.74 Å². The minimum absolute atomic E-state index is 0.145. The van der Waals surface area contributed by atoms with E-state index in [9.17, 15) is 4.79 Å². The summed E-state index contributed by atoms with van der Waals surface area (Å²) in [7, 11) is 0. The first-order chi connectivity index (χ1) is 12.7. The molecule has 8 nitrogen and oxygen atoms in total. The molecule has 2 heterocycles. The number of nitrogens with zero attached hydrogens (tertiary/aromatic N) is 3. The van der Waals surface area contributed by atoms with Crippen LogP contribution in [0.5, 0.6) is 5.75 Å². The third-order valence-corrected chi connectivity index (χ3v) is 3.66. The number of para-hydroxylation sites is 1. The molecule has 0 saturated carbocycles. The van der Waals surface area contributed by atoms with Crippen molar-refractivity contribution in [1.29, 1.82) is 0 Å². The van der Waals surface area contributed by atoms with Gasteiger partial charge in [0.2, 0.25) is 0 Å². The third kappa shape index (κ3) is 3.97. The Bertz CT molecular complexity index is 880. The van der Waals surface area contributed by atoms with E-state index in [1.54, 1.807) is 25.4 Å². The van der Waals surface area contributed by atoms with Crippen molar-refractivity contribution in [3.8, 4) is 5.75 Å². The summed E-state index contributed by atoms with van der Waals surface area (Å²) in [5.41, 5.74) is 2.90. The van der Waals surface area contributed by atoms with Crippen LogP contribution in [0.25, 0.3) is 0 Å². The molecule has 8 heteroatoms. The van der Waals surface area contributed by atoms with Crippen LogP contribution in [0.3, 0.4) is 0 Å². The number of rotatable bonds is 7. The minimum Gasteiger partial charge on any atom is -0.492 e. The van der Waals surface area contributed by atoms with Crippen molar-refractivity contribution in [3.05, 3.63) is 59.7 Å². The molecular formula is C18H19N5O3. The quantitative estimate of drug-likeness (QED) is 0.673. The van der Waals surface area contributed by atoms with E-state index in [1.807, 2.05) is 31.2 Å². The fourth-order valence-electron chi connectivity index (χ4n) is 2.40. The van der Waals surface area contributed by atoms with Crippen molar-refractivity contribution in [2.75, 3.05) is 17.2 Å². The Morgan fingerprint density at radius 2 is 2.00 bits per heavy atom. The summed E-state index contributed by atoms with van der Waals surface area (Å²) in [4.78, 5) is 16.5. The monoisotopic (exact) mass is 353 g/mol. The number of aromatic nitrogens is 3. The highest BCUT2D eigenvalue weighted by atomic mass is 16.6. The molecular weight excluding hydrogens is 334 g/mol. The molecule has 0 atom stereocenters. The van der Waals surface area contributed by atoms with Gasteiger partial charge in [-0.25, -0.2) is 4.63 Å².